The number of aromatic hydroxyl groups is 1. The molecule has 32 heavy (non-hydrogen) atoms. The van der Waals surface area contributed by atoms with Crippen LogP contribution >= 0.6 is 11.6 Å². The lowest BCUT2D eigenvalue weighted by Gasteiger charge is -2.21. The molecule has 0 bridgehead atoms. The molecule has 0 spiro atoms. The second kappa shape index (κ2) is 8.69. The van der Waals surface area contributed by atoms with Gasteiger partial charge in [0.2, 0.25) is 0 Å². The first-order valence-corrected chi connectivity index (χ1v) is 10.8. The van der Waals surface area contributed by atoms with Crippen molar-refractivity contribution in [3.63, 3.8) is 0 Å². The first kappa shape index (κ1) is 21.9. The van der Waals surface area contributed by atoms with Crippen LogP contribution in [0.5, 0.6) is 5.75 Å². The van der Waals surface area contributed by atoms with Gasteiger partial charge < -0.3 is 15.6 Å². The van der Waals surface area contributed by atoms with E-state index >= 15 is 0 Å². The number of hydrogen-bond acceptors (Lipinski definition) is 4. The van der Waals surface area contributed by atoms with Gasteiger partial charge in [-0.3, -0.25) is 0 Å². The lowest BCUT2D eigenvalue weighted by Crippen LogP contribution is -2.35. The number of fused-ring (bicyclic) bond motifs is 1. The molecule has 3 N–H and O–H groups in total. The molecule has 1 aromatic heterocycles. The van der Waals surface area contributed by atoms with Crippen molar-refractivity contribution in [2.24, 2.45) is 4.99 Å². The quantitative estimate of drug-likeness (QED) is 0.335. The summed E-state index contributed by atoms with van der Waals surface area (Å²) in [5.74, 6) is 0.241. The second-order valence-electron chi connectivity index (χ2n) is 8.79. The minimum absolute atomic E-state index is 0.101. The van der Waals surface area contributed by atoms with Gasteiger partial charge in [-0.25, -0.2) is 4.99 Å². The summed E-state index contributed by atoms with van der Waals surface area (Å²) in [7, 11) is 0. The minimum Gasteiger partial charge on any atom is -0.507 e. The summed E-state index contributed by atoms with van der Waals surface area (Å²) >= 11 is 6.11. The molecule has 0 saturated heterocycles. The van der Waals surface area contributed by atoms with Crippen LogP contribution in [0.3, 0.4) is 0 Å². The summed E-state index contributed by atoms with van der Waals surface area (Å²) in [5, 5.41) is 26.6. The topological polar surface area (TPSA) is 69.8 Å². The van der Waals surface area contributed by atoms with E-state index in [0.717, 1.165) is 26.8 Å². The fourth-order valence-corrected chi connectivity index (χ4v) is 3.70. The number of nitrogens with one attached hydrogen (secondary N) is 1. The molecular weight excluding hydrogens is 422 g/mol. The van der Waals surface area contributed by atoms with Crippen LogP contribution in [0.25, 0.3) is 22.0 Å². The summed E-state index contributed by atoms with van der Waals surface area (Å²) in [5.41, 5.74) is 3.57. The molecule has 1 heterocycles. The fourth-order valence-electron chi connectivity index (χ4n) is 3.53. The number of pyridine rings is 1. The van der Waals surface area contributed by atoms with Crippen LogP contribution in [0.1, 0.15) is 26.3 Å². The summed E-state index contributed by atoms with van der Waals surface area (Å²) in [6.45, 7) is 6.76. The van der Waals surface area contributed by atoms with Crippen LogP contribution in [-0.4, -0.2) is 20.6 Å². The first-order chi connectivity index (χ1) is 15.2. The average molecular weight is 448 g/mol. The summed E-state index contributed by atoms with van der Waals surface area (Å²) in [6, 6.07) is 20.6. The van der Waals surface area contributed by atoms with Crippen LogP contribution in [0, 0.1) is 0 Å². The normalized spacial score (nSPS) is 12.4. The van der Waals surface area contributed by atoms with Gasteiger partial charge in [0.1, 0.15) is 5.75 Å². The van der Waals surface area contributed by atoms with Crippen LogP contribution in [0.15, 0.2) is 77.9 Å². The van der Waals surface area contributed by atoms with Gasteiger partial charge >= 0.3 is 0 Å². The number of nitrogens with zero attached hydrogens (tertiary/aromatic N) is 2. The number of aromatic nitrogens is 1. The lowest BCUT2D eigenvalue weighted by atomic mass is 9.99. The van der Waals surface area contributed by atoms with E-state index < -0.39 is 0 Å². The zero-order valence-corrected chi connectivity index (χ0v) is 19.1. The predicted molar refractivity (Wildman–Crippen MR) is 129 cm³/mol. The van der Waals surface area contributed by atoms with E-state index in [4.69, 9.17) is 16.6 Å². The molecule has 0 aliphatic rings. The maximum atomic E-state index is 11.0. The number of phenols is 1. The standard InChI is InChI=1S/C26H26ClN3O2/c1-26(2,3)28-16-18-13-20(15-22(25(18)31)17-7-5-4-6-8-17)29-23-11-12-30(32)24-14-19(27)9-10-21(23)24/h4-15,28,31-32H,16H2,1-3H3. The summed E-state index contributed by atoms with van der Waals surface area (Å²) in [6.07, 6.45) is 1.54. The van der Waals surface area contributed by atoms with Gasteiger partial charge in [-0.05, 0) is 62.7 Å². The molecule has 0 atom stereocenters. The van der Waals surface area contributed by atoms with Gasteiger partial charge in [-0.1, -0.05) is 41.9 Å². The van der Waals surface area contributed by atoms with Gasteiger partial charge in [0.05, 0.1) is 16.6 Å². The van der Waals surface area contributed by atoms with Crippen LogP contribution in [0.2, 0.25) is 5.02 Å². The molecule has 4 rings (SSSR count). The number of phenolic OH excluding ortho intramolecular Hbond substituents is 1. The Morgan fingerprint density at radius 1 is 1.00 bits per heavy atom. The van der Waals surface area contributed by atoms with E-state index in [1.165, 1.54) is 6.20 Å². The first-order valence-electron chi connectivity index (χ1n) is 10.4. The third kappa shape index (κ3) is 4.79. The molecule has 0 aliphatic carbocycles. The van der Waals surface area contributed by atoms with E-state index in [1.54, 1.807) is 18.2 Å². The fraction of sp³-hybridized carbons (Fsp3) is 0.192. The number of hydrogen-bond donors (Lipinski definition) is 3. The third-order valence-corrected chi connectivity index (χ3v) is 5.41. The third-order valence-electron chi connectivity index (χ3n) is 5.17. The molecule has 0 amide bonds. The Labute approximate surface area is 192 Å². The number of halogens is 1. The maximum Gasteiger partial charge on any atom is 0.128 e. The summed E-state index contributed by atoms with van der Waals surface area (Å²) in [4.78, 5) is 4.87. The molecule has 164 valence electrons. The minimum atomic E-state index is -0.101. The van der Waals surface area contributed by atoms with Gasteiger partial charge in [-0.15, -0.1) is 0 Å². The summed E-state index contributed by atoms with van der Waals surface area (Å²) < 4.78 is 1.03. The van der Waals surface area contributed by atoms with Crippen molar-refractivity contribution in [3.8, 4) is 16.9 Å². The van der Waals surface area contributed by atoms with E-state index in [9.17, 15) is 10.3 Å². The molecule has 6 heteroatoms. The number of rotatable bonds is 4. The molecule has 4 aromatic rings. The molecule has 0 aliphatic heterocycles. The largest absolute Gasteiger partial charge is 0.507 e. The highest BCUT2D eigenvalue weighted by Gasteiger charge is 2.15. The smallest absolute Gasteiger partial charge is 0.128 e. The Morgan fingerprint density at radius 2 is 1.75 bits per heavy atom. The van der Waals surface area contributed by atoms with Crippen molar-refractivity contribution in [1.29, 1.82) is 0 Å². The van der Waals surface area contributed by atoms with Crippen LogP contribution in [0.4, 0.5) is 5.69 Å². The van der Waals surface area contributed by atoms with E-state index in [2.05, 4.69) is 26.1 Å². The van der Waals surface area contributed by atoms with Gasteiger partial charge in [0.25, 0.3) is 0 Å². The second-order valence-corrected chi connectivity index (χ2v) is 9.23. The van der Waals surface area contributed by atoms with Crippen molar-refractivity contribution in [2.45, 2.75) is 32.9 Å². The van der Waals surface area contributed by atoms with Crippen molar-refractivity contribution < 1.29 is 10.3 Å². The molecule has 0 saturated carbocycles. The lowest BCUT2D eigenvalue weighted by molar-refractivity contribution is 0.198. The van der Waals surface area contributed by atoms with Crippen molar-refractivity contribution in [1.82, 2.24) is 10.0 Å². The van der Waals surface area contributed by atoms with E-state index in [0.29, 0.717) is 28.1 Å². The zero-order valence-electron chi connectivity index (χ0n) is 18.3. The van der Waals surface area contributed by atoms with E-state index in [1.807, 2.05) is 48.5 Å². The Balaban J connectivity index is 1.91. The van der Waals surface area contributed by atoms with Crippen molar-refractivity contribution in [2.75, 3.05) is 0 Å². The van der Waals surface area contributed by atoms with Crippen LogP contribution < -0.4 is 10.7 Å². The zero-order chi connectivity index (χ0) is 22.9. The van der Waals surface area contributed by atoms with Crippen LogP contribution in [-0.2, 0) is 6.54 Å². The van der Waals surface area contributed by atoms with E-state index in [-0.39, 0.29) is 11.3 Å². The molecular formula is C26H26ClN3O2. The molecule has 3 aromatic carbocycles. The predicted octanol–water partition coefficient (Wildman–Crippen LogP) is 6.03. The highest BCUT2D eigenvalue weighted by molar-refractivity contribution is 6.31. The van der Waals surface area contributed by atoms with Crippen molar-refractivity contribution >= 4 is 28.2 Å². The number of benzene rings is 3. The molecule has 0 radical (unpaired) electrons. The highest BCUT2D eigenvalue weighted by atomic mass is 35.5. The molecule has 0 unspecified atom stereocenters. The maximum absolute atomic E-state index is 11.0. The average Bonchev–Trinajstić information content (AvgIpc) is 2.76. The Bertz CT molecular complexity index is 1340. The van der Waals surface area contributed by atoms with Crippen molar-refractivity contribution in [3.05, 3.63) is 88.9 Å². The highest BCUT2D eigenvalue weighted by Crippen LogP contribution is 2.36. The molecule has 5 nitrogen and oxygen atoms in total. The van der Waals surface area contributed by atoms with Gasteiger partial charge in [0.15, 0.2) is 0 Å². The Morgan fingerprint density at radius 3 is 2.47 bits per heavy atom. The van der Waals surface area contributed by atoms with Gasteiger partial charge in [-0.2, -0.15) is 4.73 Å². The van der Waals surface area contributed by atoms with Gasteiger partial charge in [0, 0.05) is 39.8 Å². The SMILES string of the molecule is CC(C)(C)NCc1cc(N=c2ccn(O)c3cc(Cl)ccc23)cc(-c2ccccc2)c1O. The Kier molecular flexibility index (Phi) is 5.96. The monoisotopic (exact) mass is 447 g/mol. The molecule has 0 fully saturated rings. The Hall–Kier alpha value is -3.28.